The van der Waals surface area contributed by atoms with Gasteiger partial charge in [-0.1, -0.05) is 129 Å². The van der Waals surface area contributed by atoms with Crippen LogP contribution in [0.4, 0.5) is 16.2 Å². The molecule has 0 saturated carbocycles. The van der Waals surface area contributed by atoms with E-state index >= 15 is 0 Å². The van der Waals surface area contributed by atoms with Crippen molar-refractivity contribution in [3.05, 3.63) is 64.7 Å². The van der Waals surface area contributed by atoms with Gasteiger partial charge in [0.25, 0.3) is 0 Å². The van der Waals surface area contributed by atoms with Crippen LogP contribution in [-0.2, 0) is 12.0 Å². The number of benzene rings is 2. The molecule has 3 rings (SSSR count). The number of halogens is 1. The summed E-state index contributed by atoms with van der Waals surface area (Å²) in [6.07, 6.45) is 18.0. The molecule has 0 aromatic heterocycles. The van der Waals surface area contributed by atoms with Gasteiger partial charge in [-0.3, -0.25) is 0 Å². The molecule has 0 atom stereocenters. The number of anilines is 2. The molecule has 2 aromatic rings. The second-order valence-corrected chi connectivity index (χ2v) is 13.9. The first-order chi connectivity index (χ1) is 20.3. The Hall–Kier alpha value is -2.12. The van der Waals surface area contributed by atoms with Gasteiger partial charge in [0.15, 0.2) is 0 Å². The summed E-state index contributed by atoms with van der Waals surface area (Å²) in [6, 6.07) is 13.8. The lowest BCUT2D eigenvalue weighted by Gasteiger charge is -2.25. The van der Waals surface area contributed by atoms with Gasteiger partial charge in [0.1, 0.15) is 5.75 Å². The third-order valence-corrected chi connectivity index (χ3v) is 8.80. The molecular formula is C36H56BrN3O2S. The lowest BCUT2D eigenvalue weighted by atomic mass is 9.86. The number of allylic oxidation sites excluding steroid dienone is 1. The third-order valence-electron chi connectivity index (χ3n) is 7.78. The Morgan fingerprint density at radius 3 is 2.02 bits per heavy atom. The van der Waals surface area contributed by atoms with Crippen molar-refractivity contribution in [1.82, 2.24) is 4.90 Å². The molecule has 1 heterocycles. The minimum atomic E-state index is -0.258. The predicted molar refractivity (Wildman–Crippen MR) is 193 cm³/mol. The quantitative estimate of drug-likeness (QED) is 0.155. The van der Waals surface area contributed by atoms with Crippen molar-refractivity contribution in [3.63, 3.8) is 0 Å². The van der Waals surface area contributed by atoms with Crippen LogP contribution in [0.25, 0.3) is 0 Å². The van der Waals surface area contributed by atoms with Crippen LogP contribution >= 0.6 is 28.7 Å². The number of urea groups is 1. The lowest BCUT2D eigenvalue weighted by Crippen LogP contribution is -2.23. The number of rotatable bonds is 18. The van der Waals surface area contributed by atoms with Gasteiger partial charge in [0.2, 0.25) is 0 Å². The first kappa shape index (κ1) is 37.1. The van der Waals surface area contributed by atoms with Gasteiger partial charge in [-0.15, -0.1) is 28.7 Å². The summed E-state index contributed by atoms with van der Waals surface area (Å²) < 4.78 is 6.40. The van der Waals surface area contributed by atoms with E-state index in [0.717, 1.165) is 41.4 Å². The summed E-state index contributed by atoms with van der Waals surface area (Å²) in [5.74, 6) is 1.72. The molecule has 7 heteroatoms. The zero-order chi connectivity index (χ0) is 30.2. The molecule has 2 N–H and O–H groups in total. The number of amides is 2. The van der Waals surface area contributed by atoms with Crippen LogP contribution in [-0.4, -0.2) is 23.4 Å². The van der Waals surface area contributed by atoms with Crippen LogP contribution in [0.3, 0.4) is 0 Å². The van der Waals surface area contributed by atoms with Gasteiger partial charge in [0, 0.05) is 24.0 Å². The standard InChI is InChI=1S/C36H55N3O2S.BrH/c1-6-7-8-9-10-11-12-13-14-15-16-19-25-41-34-31(36(3,4)5)22-20-24-33(34)38-35(40)37-32-23-18-17-21-30(32)27-39-26-29(2)42-28-39;/h17-18,20-24,26H,6-16,19,25,27-28H2,1-5H3,(H2,37,38,40);1H. The Balaban J connectivity index is 0.00000645. The van der Waals surface area contributed by atoms with Gasteiger partial charge < -0.3 is 20.3 Å². The van der Waals surface area contributed by atoms with E-state index in [4.69, 9.17) is 4.74 Å². The van der Waals surface area contributed by atoms with Gasteiger partial charge in [0.05, 0.1) is 18.2 Å². The van der Waals surface area contributed by atoms with Crippen LogP contribution < -0.4 is 15.4 Å². The van der Waals surface area contributed by atoms with Crippen LogP contribution in [0.15, 0.2) is 53.6 Å². The van der Waals surface area contributed by atoms with Crippen LogP contribution in [0.2, 0.25) is 0 Å². The Kier molecular flexibility index (Phi) is 17.3. The number of hydrogen-bond acceptors (Lipinski definition) is 4. The zero-order valence-corrected chi connectivity index (χ0v) is 29.8. The molecule has 240 valence electrons. The van der Waals surface area contributed by atoms with Crippen molar-refractivity contribution in [2.45, 2.75) is 124 Å². The monoisotopic (exact) mass is 673 g/mol. The van der Waals surface area contributed by atoms with Gasteiger partial charge in [-0.25, -0.2) is 4.79 Å². The molecule has 0 radical (unpaired) electrons. The molecular weight excluding hydrogens is 618 g/mol. The summed E-state index contributed by atoms with van der Waals surface area (Å²) in [5.41, 5.74) is 3.63. The predicted octanol–water partition coefficient (Wildman–Crippen LogP) is 11.7. The van der Waals surface area contributed by atoms with Crippen LogP contribution in [0.1, 0.15) is 123 Å². The summed E-state index contributed by atoms with van der Waals surface area (Å²) in [5, 5.41) is 6.18. The largest absolute Gasteiger partial charge is 0.491 e. The summed E-state index contributed by atoms with van der Waals surface area (Å²) in [6.45, 7) is 12.4. The van der Waals surface area contributed by atoms with Crippen LogP contribution in [0.5, 0.6) is 5.75 Å². The molecule has 0 aliphatic carbocycles. The Labute approximate surface area is 276 Å². The van der Waals surface area contributed by atoms with E-state index in [1.165, 1.54) is 75.5 Å². The first-order valence-electron chi connectivity index (χ1n) is 16.3. The normalized spacial score (nSPS) is 13.0. The number of ether oxygens (including phenoxy) is 1. The maximum absolute atomic E-state index is 13.2. The maximum Gasteiger partial charge on any atom is 0.323 e. The first-order valence-corrected chi connectivity index (χ1v) is 17.2. The molecule has 43 heavy (non-hydrogen) atoms. The van der Waals surface area contributed by atoms with Crippen molar-refractivity contribution in [1.29, 1.82) is 0 Å². The molecule has 5 nitrogen and oxygen atoms in total. The summed E-state index contributed by atoms with van der Waals surface area (Å²) in [4.78, 5) is 16.8. The second kappa shape index (κ2) is 20.0. The fourth-order valence-electron chi connectivity index (χ4n) is 5.38. The number of hydrogen-bond donors (Lipinski definition) is 2. The minimum absolute atomic E-state index is 0. The Bertz CT molecular complexity index is 1130. The Morgan fingerprint density at radius 1 is 0.837 bits per heavy atom. The average Bonchev–Trinajstić information content (AvgIpc) is 3.36. The minimum Gasteiger partial charge on any atom is -0.491 e. The molecule has 0 bridgehead atoms. The molecule has 1 aliphatic heterocycles. The van der Waals surface area contributed by atoms with E-state index < -0.39 is 0 Å². The SMILES string of the molecule is Br.CCCCCCCCCCCCCCOc1c(NC(=O)Nc2ccccc2CN2C=C(C)SC2)cccc1C(C)(C)C. The number of nitrogens with zero attached hydrogens (tertiary/aromatic N) is 1. The number of nitrogens with one attached hydrogen (secondary N) is 2. The van der Waals surface area contributed by atoms with E-state index in [9.17, 15) is 4.79 Å². The topological polar surface area (TPSA) is 53.6 Å². The lowest BCUT2D eigenvalue weighted by molar-refractivity contribution is 0.261. The van der Waals surface area contributed by atoms with Crippen molar-refractivity contribution >= 4 is 46.1 Å². The average molecular weight is 675 g/mol. The zero-order valence-electron chi connectivity index (χ0n) is 27.3. The molecule has 0 saturated heterocycles. The van der Waals surface area contributed by atoms with E-state index in [2.05, 4.69) is 68.5 Å². The third kappa shape index (κ3) is 13.6. The highest BCUT2D eigenvalue weighted by atomic mass is 79.9. The number of thioether (sulfide) groups is 1. The number of carbonyl (C=O) groups excluding carboxylic acids is 1. The molecule has 2 aromatic carbocycles. The molecule has 0 fully saturated rings. The van der Waals surface area contributed by atoms with E-state index in [1.54, 1.807) is 0 Å². The van der Waals surface area contributed by atoms with Gasteiger partial charge >= 0.3 is 6.03 Å². The molecule has 0 unspecified atom stereocenters. The Morgan fingerprint density at radius 2 is 1.42 bits per heavy atom. The van der Waals surface area contributed by atoms with Crippen molar-refractivity contribution in [3.8, 4) is 5.75 Å². The van der Waals surface area contributed by atoms with E-state index in [0.29, 0.717) is 12.3 Å². The highest BCUT2D eigenvalue weighted by molar-refractivity contribution is 8.93. The summed E-state index contributed by atoms with van der Waals surface area (Å²) >= 11 is 1.84. The van der Waals surface area contributed by atoms with Crippen molar-refractivity contribution < 1.29 is 9.53 Å². The number of carbonyl (C=O) groups is 1. The van der Waals surface area contributed by atoms with Crippen LogP contribution in [0, 0.1) is 0 Å². The smallest absolute Gasteiger partial charge is 0.323 e. The molecule has 0 spiro atoms. The van der Waals surface area contributed by atoms with Gasteiger partial charge in [-0.05, 0) is 41.4 Å². The van der Waals surface area contributed by atoms with E-state index in [-0.39, 0.29) is 28.4 Å². The highest BCUT2D eigenvalue weighted by Crippen LogP contribution is 2.37. The second-order valence-electron chi connectivity index (χ2n) is 12.7. The highest BCUT2D eigenvalue weighted by Gasteiger charge is 2.22. The molecule has 2 amide bonds. The molecule has 1 aliphatic rings. The van der Waals surface area contributed by atoms with E-state index in [1.807, 2.05) is 42.1 Å². The fourth-order valence-corrected chi connectivity index (χ4v) is 6.14. The van der Waals surface area contributed by atoms with Gasteiger partial charge in [-0.2, -0.15) is 0 Å². The number of unbranched alkanes of at least 4 members (excludes halogenated alkanes) is 11. The number of para-hydroxylation sites is 2. The van der Waals surface area contributed by atoms with Crippen molar-refractivity contribution in [2.24, 2.45) is 0 Å². The van der Waals surface area contributed by atoms with Crippen molar-refractivity contribution in [2.75, 3.05) is 23.1 Å². The summed E-state index contributed by atoms with van der Waals surface area (Å²) in [7, 11) is 0. The fraction of sp³-hybridized carbons (Fsp3) is 0.583. The maximum atomic E-state index is 13.2.